The summed E-state index contributed by atoms with van der Waals surface area (Å²) in [5, 5.41) is 2.83. The molecule has 0 aliphatic carbocycles. The smallest absolute Gasteiger partial charge is 0.334 e. The van der Waals surface area contributed by atoms with Crippen molar-refractivity contribution in [3.63, 3.8) is 0 Å². The molecule has 13 heteroatoms. The molecule has 2 N–H and O–H groups in total. The molecule has 192 valence electrons. The maximum Gasteiger partial charge on any atom is 0.334 e. The van der Waals surface area contributed by atoms with Crippen LogP contribution in [-0.2, 0) is 9.84 Å². The number of methoxy groups -OCH3 is 2. The third kappa shape index (κ3) is 5.07. The number of benzene rings is 1. The maximum atomic E-state index is 13.1. The number of fused-ring (bicyclic) bond motifs is 1. The van der Waals surface area contributed by atoms with Gasteiger partial charge in [-0.3, -0.25) is 14.6 Å². The molecular weight excluding hydrogens is 502 g/mol. The fourth-order valence-corrected chi connectivity index (χ4v) is 4.28. The number of H-pyrrole nitrogens is 1. The van der Waals surface area contributed by atoms with Crippen molar-refractivity contribution < 1.29 is 22.7 Å². The van der Waals surface area contributed by atoms with Crippen LogP contribution in [-0.4, -0.2) is 54.3 Å². The first kappa shape index (κ1) is 25.6. The number of carbonyl (C=O) groups is 1. The molecule has 0 spiro atoms. The van der Waals surface area contributed by atoms with Gasteiger partial charge in [0, 0.05) is 12.5 Å². The highest BCUT2D eigenvalue weighted by Crippen LogP contribution is 2.24. The predicted octanol–water partition coefficient (Wildman–Crippen LogP) is 1.38. The van der Waals surface area contributed by atoms with Gasteiger partial charge in [-0.1, -0.05) is 12.1 Å². The van der Waals surface area contributed by atoms with Crippen LogP contribution in [0.25, 0.3) is 16.7 Å². The van der Waals surface area contributed by atoms with Crippen LogP contribution >= 0.6 is 0 Å². The summed E-state index contributed by atoms with van der Waals surface area (Å²) in [7, 11) is -0.524. The molecule has 0 radical (unpaired) electrons. The second kappa shape index (κ2) is 9.85. The van der Waals surface area contributed by atoms with E-state index in [0.29, 0.717) is 11.3 Å². The van der Waals surface area contributed by atoms with E-state index in [0.717, 1.165) is 10.8 Å². The highest BCUT2D eigenvalue weighted by Gasteiger charge is 2.18. The van der Waals surface area contributed by atoms with E-state index < -0.39 is 33.0 Å². The number of amides is 1. The zero-order valence-corrected chi connectivity index (χ0v) is 21.1. The van der Waals surface area contributed by atoms with E-state index >= 15 is 0 Å². The number of rotatable bonds is 7. The van der Waals surface area contributed by atoms with Gasteiger partial charge < -0.3 is 19.8 Å². The van der Waals surface area contributed by atoms with Crippen LogP contribution in [0.2, 0.25) is 0 Å². The van der Waals surface area contributed by atoms with Gasteiger partial charge in [-0.25, -0.2) is 17.8 Å². The predicted molar refractivity (Wildman–Crippen MR) is 134 cm³/mol. The summed E-state index contributed by atoms with van der Waals surface area (Å²) in [6, 6.07) is 9.92. The van der Waals surface area contributed by atoms with Crippen LogP contribution in [0.3, 0.4) is 0 Å². The largest absolute Gasteiger partial charge is 0.491 e. The van der Waals surface area contributed by atoms with Gasteiger partial charge >= 0.3 is 5.69 Å². The summed E-state index contributed by atoms with van der Waals surface area (Å²) < 4.78 is 34.4. The first-order chi connectivity index (χ1) is 17.5. The fourth-order valence-electron chi connectivity index (χ4n) is 3.65. The lowest BCUT2D eigenvalue weighted by molar-refractivity contribution is 0.0935. The number of aromatic amines is 1. The van der Waals surface area contributed by atoms with Crippen LogP contribution < -0.4 is 26.0 Å². The van der Waals surface area contributed by atoms with Gasteiger partial charge in [-0.2, -0.15) is 4.98 Å². The first-order valence-corrected chi connectivity index (χ1v) is 12.8. The summed E-state index contributed by atoms with van der Waals surface area (Å²) in [4.78, 5) is 49.7. The van der Waals surface area contributed by atoms with Crippen molar-refractivity contribution in [2.75, 3.05) is 20.5 Å². The van der Waals surface area contributed by atoms with E-state index in [9.17, 15) is 22.8 Å². The molecule has 1 aromatic carbocycles. The number of sulfone groups is 1. The average molecular weight is 526 g/mol. The number of hydrogen-bond acceptors (Lipinski definition) is 9. The van der Waals surface area contributed by atoms with Gasteiger partial charge in [-0.15, -0.1) is 0 Å². The Hall–Kier alpha value is -4.52. The third-order valence-electron chi connectivity index (χ3n) is 5.62. The number of hydrogen-bond donors (Lipinski definition) is 2. The lowest BCUT2D eigenvalue weighted by Gasteiger charge is -2.15. The third-order valence-corrected chi connectivity index (χ3v) is 6.75. The van der Waals surface area contributed by atoms with E-state index in [2.05, 4.69) is 20.3 Å². The first-order valence-electron chi connectivity index (χ1n) is 10.9. The number of pyridine rings is 2. The minimum atomic E-state index is -3.34. The van der Waals surface area contributed by atoms with Crippen molar-refractivity contribution >= 4 is 26.6 Å². The molecule has 4 aromatic rings. The monoisotopic (exact) mass is 525 g/mol. The number of ether oxygens (including phenoxy) is 2. The van der Waals surface area contributed by atoms with Crippen LogP contribution in [0.4, 0.5) is 0 Å². The molecule has 0 fully saturated rings. The van der Waals surface area contributed by atoms with Crippen molar-refractivity contribution in [3.05, 3.63) is 80.8 Å². The van der Waals surface area contributed by atoms with Gasteiger partial charge in [-0.05, 0) is 42.8 Å². The summed E-state index contributed by atoms with van der Waals surface area (Å²) in [6.45, 7) is 1.73. The lowest BCUT2D eigenvalue weighted by Crippen LogP contribution is -2.34. The summed E-state index contributed by atoms with van der Waals surface area (Å²) >= 11 is 0. The van der Waals surface area contributed by atoms with E-state index in [4.69, 9.17) is 9.47 Å². The number of aromatic nitrogens is 4. The Kier molecular flexibility index (Phi) is 6.81. The molecule has 0 aliphatic rings. The van der Waals surface area contributed by atoms with Gasteiger partial charge in [0.1, 0.15) is 11.5 Å². The molecule has 0 aliphatic heterocycles. The molecule has 37 heavy (non-hydrogen) atoms. The average Bonchev–Trinajstić information content (AvgIpc) is 2.87. The van der Waals surface area contributed by atoms with E-state index in [1.54, 1.807) is 19.1 Å². The van der Waals surface area contributed by atoms with Crippen LogP contribution in [0.5, 0.6) is 11.6 Å². The minimum absolute atomic E-state index is 0.0170. The van der Waals surface area contributed by atoms with Crippen LogP contribution in [0, 0.1) is 0 Å². The van der Waals surface area contributed by atoms with Gasteiger partial charge in [0.25, 0.3) is 17.3 Å². The zero-order valence-electron chi connectivity index (χ0n) is 20.3. The Morgan fingerprint density at radius 2 is 1.78 bits per heavy atom. The van der Waals surface area contributed by atoms with Crippen molar-refractivity contribution in [1.29, 1.82) is 0 Å². The van der Waals surface area contributed by atoms with E-state index in [1.807, 2.05) is 0 Å². The Morgan fingerprint density at radius 1 is 1.08 bits per heavy atom. The molecule has 0 saturated heterocycles. The number of nitrogens with zero attached hydrogens (tertiary/aromatic N) is 3. The van der Waals surface area contributed by atoms with E-state index in [-0.39, 0.29) is 33.2 Å². The highest BCUT2D eigenvalue weighted by molar-refractivity contribution is 7.90. The molecule has 4 rings (SSSR count). The van der Waals surface area contributed by atoms with Gasteiger partial charge in [0.15, 0.2) is 15.6 Å². The Bertz CT molecular complexity index is 1730. The normalized spacial score (nSPS) is 12.2. The van der Waals surface area contributed by atoms with Crippen molar-refractivity contribution in [2.24, 2.45) is 0 Å². The van der Waals surface area contributed by atoms with Gasteiger partial charge in [0.05, 0.1) is 36.1 Å². The number of carbonyl (C=O) groups excluding carboxylic acids is 1. The molecular formula is C24H23N5O7S. The fraction of sp³-hybridized carbons (Fsp3) is 0.208. The Balaban J connectivity index is 1.63. The molecule has 3 aromatic heterocycles. The number of nitrogens with one attached hydrogen (secondary N) is 2. The Labute approximate surface area is 210 Å². The SMILES string of the molecule is COc1ccc(-n2c(=O)[nH]c3cc(C(=O)NC(C)c4ccc(S(C)(=O)=O)cc4)ncc3c2=O)nc1OC. The van der Waals surface area contributed by atoms with Crippen molar-refractivity contribution in [3.8, 4) is 17.4 Å². The summed E-state index contributed by atoms with van der Waals surface area (Å²) in [5.41, 5.74) is -0.673. The maximum absolute atomic E-state index is 13.1. The second-order valence-corrected chi connectivity index (χ2v) is 10.1. The van der Waals surface area contributed by atoms with Gasteiger partial charge in [0.2, 0.25) is 0 Å². The second-order valence-electron chi connectivity index (χ2n) is 8.10. The van der Waals surface area contributed by atoms with Crippen LogP contribution in [0.1, 0.15) is 29.0 Å². The summed E-state index contributed by atoms with van der Waals surface area (Å²) in [6.07, 6.45) is 2.31. The Morgan fingerprint density at radius 3 is 2.41 bits per heavy atom. The highest BCUT2D eigenvalue weighted by atomic mass is 32.2. The standard InChI is InChI=1S/C24H23N5O7S/c1-13(14-5-7-15(8-6-14)37(4,33)34)26-21(30)18-11-17-16(12-25-18)23(31)29(24(32)27-17)20-10-9-19(35-2)22(28-20)36-3/h5-13H,1-4H3,(H,26,30)(H,27,32). The molecule has 0 saturated carbocycles. The van der Waals surface area contributed by atoms with E-state index in [1.165, 1.54) is 50.7 Å². The molecule has 1 atom stereocenters. The van der Waals surface area contributed by atoms with Crippen molar-refractivity contribution in [1.82, 2.24) is 24.8 Å². The zero-order chi connectivity index (χ0) is 26.9. The molecule has 12 nitrogen and oxygen atoms in total. The molecule has 0 bridgehead atoms. The molecule has 3 heterocycles. The topological polar surface area (TPSA) is 162 Å². The summed E-state index contributed by atoms with van der Waals surface area (Å²) in [5.74, 6) is -0.109. The quantitative estimate of drug-likeness (QED) is 0.363. The molecule has 1 unspecified atom stereocenters. The lowest BCUT2D eigenvalue weighted by atomic mass is 10.1. The van der Waals surface area contributed by atoms with Crippen LogP contribution in [0.15, 0.2) is 63.1 Å². The minimum Gasteiger partial charge on any atom is -0.491 e. The van der Waals surface area contributed by atoms with Crippen molar-refractivity contribution in [2.45, 2.75) is 17.9 Å². The molecule has 1 amide bonds.